The van der Waals surface area contributed by atoms with Gasteiger partial charge in [-0.25, -0.2) is 4.98 Å². The first-order valence-electron chi connectivity index (χ1n) is 9.90. The van der Waals surface area contributed by atoms with Crippen molar-refractivity contribution in [2.45, 2.75) is 51.8 Å². The Morgan fingerprint density at radius 2 is 2.24 bits per heavy atom. The molecule has 154 valence electrons. The van der Waals surface area contributed by atoms with Gasteiger partial charge in [-0.15, -0.1) is 23.1 Å². The predicted molar refractivity (Wildman–Crippen MR) is 118 cm³/mol. The summed E-state index contributed by atoms with van der Waals surface area (Å²) in [5.41, 5.74) is 3.30. The molecule has 0 atom stereocenters. The van der Waals surface area contributed by atoms with E-state index in [2.05, 4.69) is 26.4 Å². The van der Waals surface area contributed by atoms with Crippen molar-refractivity contribution in [2.75, 3.05) is 12.3 Å². The normalized spacial score (nSPS) is 13.2. The van der Waals surface area contributed by atoms with E-state index in [9.17, 15) is 9.59 Å². The minimum atomic E-state index is -0.0430. The number of hydrogen-bond donors (Lipinski definition) is 2. The van der Waals surface area contributed by atoms with Crippen molar-refractivity contribution in [2.24, 2.45) is 0 Å². The zero-order valence-corrected chi connectivity index (χ0v) is 18.3. The fourth-order valence-corrected chi connectivity index (χ4v) is 5.77. The highest BCUT2D eigenvalue weighted by Gasteiger charge is 2.21. The first-order chi connectivity index (χ1) is 14.0. The van der Waals surface area contributed by atoms with Crippen LogP contribution in [0.2, 0.25) is 0 Å². The molecule has 3 heterocycles. The Kier molecular flexibility index (Phi) is 6.05. The van der Waals surface area contributed by atoms with Crippen molar-refractivity contribution in [3.63, 3.8) is 0 Å². The molecule has 4 rings (SSSR count). The average Bonchev–Trinajstić information content (AvgIpc) is 3.33. The lowest BCUT2D eigenvalue weighted by Gasteiger charge is -2.07. The van der Waals surface area contributed by atoms with E-state index in [1.54, 1.807) is 11.3 Å². The first kappa shape index (κ1) is 20.2. The SMILES string of the molecule is Cc1cc(C)n(CCCNC(=O)CSCc2nc3sc4c(c3c(=O)[nH]2)CCC4)n1. The van der Waals surface area contributed by atoms with Crippen LogP contribution in [0, 0.1) is 13.8 Å². The van der Waals surface area contributed by atoms with Gasteiger partial charge in [0.05, 0.1) is 22.6 Å². The van der Waals surface area contributed by atoms with E-state index in [1.807, 2.05) is 18.5 Å². The molecular weight excluding hydrogens is 406 g/mol. The topological polar surface area (TPSA) is 92.7 Å². The number of carbonyl (C=O) groups excluding carboxylic acids is 1. The van der Waals surface area contributed by atoms with Gasteiger partial charge in [0.2, 0.25) is 5.91 Å². The number of thioether (sulfide) groups is 1. The maximum absolute atomic E-state index is 12.4. The molecule has 0 fully saturated rings. The van der Waals surface area contributed by atoms with Crippen molar-refractivity contribution in [3.05, 3.63) is 44.1 Å². The largest absolute Gasteiger partial charge is 0.355 e. The van der Waals surface area contributed by atoms with E-state index >= 15 is 0 Å². The quantitative estimate of drug-likeness (QED) is 0.535. The minimum Gasteiger partial charge on any atom is -0.355 e. The highest BCUT2D eigenvalue weighted by atomic mass is 32.2. The number of nitrogens with one attached hydrogen (secondary N) is 2. The molecule has 29 heavy (non-hydrogen) atoms. The number of fused-ring (bicyclic) bond motifs is 3. The van der Waals surface area contributed by atoms with Crippen LogP contribution in [0.3, 0.4) is 0 Å². The summed E-state index contributed by atoms with van der Waals surface area (Å²) in [6.07, 6.45) is 4.00. The van der Waals surface area contributed by atoms with Crippen molar-refractivity contribution >= 4 is 39.2 Å². The van der Waals surface area contributed by atoms with Gasteiger partial charge in [-0.05, 0) is 51.2 Å². The Labute approximate surface area is 177 Å². The second kappa shape index (κ2) is 8.71. The van der Waals surface area contributed by atoms with Crippen molar-refractivity contribution < 1.29 is 4.79 Å². The highest BCUT2D eigenvalue weighted by molar-refractivity contribution is 7.99. The second-order valence-corrected chi connectivity index (χ2v) is 9.47. The van der Waals surface area contributed by atoms with Gasteiger partial charge in [0.1, 0.15) is 10.7 Å². The van der Waals surface area contributed by atoms with Crippen LogP contribution in [0.25, 0.3) is 10.2 Å². The predicted octanol–water partition coefficient (Wildman–Crippen LogP) is 2.73. The van der Waals surface area contributed by atoms with Crippen LogP contribution in [-0.4, -0.2) is 38.0 Å². The van der Waals surface area contributed by atoms with Crippen LogP contribution in [0.4, 0.5) is 0 Å². The van der Waals surface area contributed by atoms with Crippen molar-refractivity contribution in [1.82, 2.24) is 25.1 Å². The molecule has 7 nitrogen and oxygen atoms in total. The van der Waals surface area contributed by atoms with Gasteiger partial charge in [0.15, 0.2) is 0 Å². The second-order valence-electron chi connectivity index (χ2n) is 7.40. The number of thiophene rings is 1. The molecule has 0 aromatic carbocycles. The van der Waals surface area contributed by atoms with Gasteiger partial charge in [-0.2, -0.15) is 5.10 Å². The van der Waals surface area contributed by atoms with E-state index in [-0.39, 0.29) is 11.5 Å². The number of amides is 1. The molecule has 1 amide bonds. The molecule has 1 aliphatic carbocycles. The van der Waals surface area contributed by atoms with E-state index in [0.717, 1.165) is 53.8 Å². The zero-order chi connectivity index (χ0) is 20.4. The fourth-order valence-electron chi connectivity index (χ4n) is 3.76. The molecule has 3 aromatic heterocycles. The van der Waals surface area contributed by atoms with E-state index < -0.39 is 0 Å². The lowest BCUT2D eigenvalue weighted by Crippen LogP contribution is -2.27. The molecule has 0 unspecified atom stereocenters. The van der Waals surface area contributed by atoms with Gasteiger partial charge in [0.25, 0.3) is 5.56 Å². The van der Waals surface area contributed by atoms with Gasteiger partial charge in [-0.3, -0.25) is 14.3 Å². The van der Waals surface area contributed by atoms with Gasteiger partial charge in [-0.1, -0.05) is 0 Å². The molecule has 0 bridgehead atoms. The third-order valence-electron chi connectivity index (χ3n) is 5.07. The Balaban J connectivity index is 1.22. The highest BCUT2D eigenvalue weighted by Crippen LogP contribution is 2.34. The minimum absolute atomic E-state index is 0.00175. The first-order valence-corrected chi connectivity index (χ1v) is 11.9. The van der Waals surface area contributed by atoms with Crippen LogP contribution in [0.15, 0.2) is 10.9 Å². The maximum atomic E-state index is 12.4. The summed E-state index contributed by atoms with van der Waals surface area (Å²) in [5, 5.41) is 8.14. The number of rotatable bonds is 8. The molecule has 0 radical (unpaired) electrons. The third-order valence-corrected chi connectivity index (χ3v) is 7.20. The maximum Gasteiger partial charge on any atom is 0.259 e. The summed E-state index contributed by atoms with van der Waals surface area (Å²) in [6.45, 7) is 5.44. The zero-order valence-electron chi connectivity index (χ0n) is 16.7. The summed E-state index contributed by atoms with van der Waals surface area (Å²) in [6, 6.07) is 2.05. The molecule has 9 heteroatoms. The van der Waals surface area contributed by atoms with Crippen molar-refractivity contribution in [3.8, 4) is 0 Å². The lowest BCUT2D eigenvalue weighted by molar-refractivity contribution is -0.118. The molecule has 1 aliphatic rings. The molecule has 0 saturated carbocycles. The third kappa shape index (κ3) is 4.56. The van der Waals surface area contributed by atoms with Crippen LogP contribution >= 0.6 is 23.1 Å². The Morgan fingerprint density at radius 3 is 3.03 bits per heavy atom. The van der Waals surface area contributed by atoms with E-state index in [4.69, 9.17) is 0 Å². The molecule has 0 aliphatic heterocycles. The van der Waals surface area contributed by atoms with Crippen LogP contribution in [-0.2, 0) is 29.9 Å². The Bertz CT molecular complexity index is 1100. The summed E-state index contributed by atoms with van der Waals surface area (Å²) < 4.78 is 1.97. The summed E-state index contributed by atoms with van der Waals surface area (Å²) >= 11 is 3.11. The standard InChI is InChI=1S/C20H25N5O2S2/c1-12-9-13(2)25(24-12)8-4-7-21-17(26)11-28-10-16-22-19(27)18-14-5-3-6-15(14)29-20(18)23-16/h9H,3-8,10-11H2,1-2H3,(H,21,26)(H,22,23,27). The number of hydrogen-bond acceptors (Lipinski definition) is 6. The Hall–Kier alpha value is -2.13. The van der Waals surface area contributed by atoms with Crippen LogP contribution < -0.4 is 10.9 Å². The number of carbonyl (C=O) groups is 1. The molecule has 2 N–H and O–H groups in total. The van der Waals surface area contributed by atoms with Crippen molar-refractivity contribution in [1.29, 1.82) is 0 Å². The number of H-pyrrole nitrogens is 1. The molecule has 0 spiro atoms. The smallest absolute Gasteiger partial charge is 0.259 e. The van der Waals surface area contributed by atoms with Crippen LogP contribution in [0.1, 0.15) is 40.5 Å². The van der Waals surface area contributed by atoms with E-state index in [0.29, 0.717) is 23.9 Å². The van der Waals surface area contributed by atoms with Gasteiger partial charge in [0, 0.05) is 23.7 Å². The van der Waals surface area contributed by atoms with E-state index in [1.165, 1.54) is 22.2 Å². The van der Waals surface area contributed by atoms with Crippen LogP contribution in [0.5, 0.6) is 0 Å². The lowest BCUT2D eigenvalue weighted by atomic mass is 10.2. The van der Waals surface area contributed by atoms with Gasteiger partial charge < -0.3 is 10.3 Å². The number of aryl methyl sites for hydroxylation is 5. The Morgan fingerprint density at radius 1 is 1.38 bits per heavy atom. The average molecular weight is 432 g/mol. The number of aromatic amines is 1. The molecule has 0 saturated heterocycles. The summed E-state index contributed by atoms with van der Waals surface area (Å²) in [4.78, 5) is 34.1. The fraction of sp³-hybridized carbons (Fsp3) is 0.500. The molecular formula is C20H25N5O2S2. The number of aromatic nitrogens is 4. The number of nitrogens with zero attached hydrogens (tertiary/aromatic N) is 3. The monoisotopic (exact) mass is 431 g/mol. The molecule has 3 aromatic rings. The summed E-state index contributed by atoms with van der Waals surface area (Å²) in [5.74, 6) is 1.52. The summed E-state index contributed by atoms with van der Waals surface area (Å²) in [7, 11) is 0. The van der Waals surface area contributed by atoms with Gasteiger partial charge >= 0.3 is 0 Å².